The highest BCUT2D eigenvalue weighted by Crippen LogP contribution is 2.43. The zero-order valence-corrected chi connectivity index (χ0v) is 14.0. The van der Waals surface area contributed by atoms with Crippen molar-refractivity contribution in [3.8, 4) is 0 Å². The molecule has 4 rings (SSSR count). The molecule has 0 spiro atoms. The molecule has 0 radical (unpaired) electrons. The Morgan fingerprint density at radius 1 is 1.48 bits per heavy atom. The number of alkyl halides is 1. The van der Waals surface area contributed by atoms with E-state index in [9.17, 15) is 10.2 Å². The van der Waals surface area contributed by atoms with Crippen LogP contribution in [0.4, 0.5) is 16.2 Å². The molecule has 0 amide bonds. The Kier molecular flexibility index (Phi) is 3.60. The van der Waals surface area contributed by atoms with Gasteiger partial charge in [-0.2, -0.15) is 9.97 Å². The van der Waals surface area contributed by atoms with E-state index >= 15 is 4.39 Å². The van der Waals surface area contributed by atoms with Gasteiger partial charge >= 0.3 is 0 Å². The SMILES string of the molecule is CN(c1nc(N)nc2c1ncn2[C@@H]1OC(CO)[C@@H](O)[C@@]1(C)F)C1CC1. The van der Waals surface area contributed by atoms with E-state index in [1.54, 1.807) is 0 Å². The lowest BCUT2D eigenvalue weighted by atomic mass is 9.98. The highest BCUT2D eigenvalue weighted by molar-refractivity contribution is 5.85. The number of aliphatic hydroxyl groups is 2. The van der Waals surface area contributed by atoms with E-state index in [0.717, 1.165) is 12.8 Å². The van der Waals surface area contributed by atoms with Crippen LogP contribution in [0.25, 0.3) is 11.2 Å². The monoisotopic (exact) mass is 352 g/mol. The van der Waals surface area contributed by atoms with Crippen molar-refractivity contribution in [2.24, 2.45) is 0 Å². The summed E-state index contributed by atoms with van der Waals surface area (Å²) in [5.74, 6) is 0.635. The van der Waals surface area contributed by atoms with Crippen LogP contribution in [0, 0.1) is 0 Å². The van der Waals surface area contributed by atoms with Crippen LogP contribution in [0.3, 0.4) is 0 Å². The van der Waals surface area contributed by atoms with Gasteiger partial charge in [-0.15, -0.1) is 0 Å². The number of fused-ring (bicyclic) bond motifs is 1. The highest BCUT2D eigenvalue weighted by Gasteiger charge is 2.55. The number of ether oxygens (including phenoxy) is 1. The van der Waals surface area contributed by atoms with Gasteiger partial charge in [-0.25, -0.2) is 9.37 Å². The number of aliphatic hydroxyl groups excluding tert-OH is 2. The minimum Gasteiger partial charge on any atom is -0.394 e. The second kappa shape index (κ2) is 5.48. The Labute approximate surface area is 143 Å². The zero-order valence-electron chi connectivity index (χ0n) is 14.0. The van der Waals surface area contributed by atoms with E-state index < -0.39 is 30.7 Å². The van der Waals surface area contributed by atoms with Crippen molar-refractivity contribution in [2.75, 3.05) is 24.3 Å². The lowest BCUT2D eigenvalue weighted by molar-refractivity contribution is -0.0566. The number of hydrogen-bond donors (Lipinski definition) is 3. The molecule has 2 aromatic rings. The Balaban J connectivity index is 1.81. The number of nitrogens with two attached hydrogens (primary N) is 1. The fourth-order valence-corrected chi connectivity index (χ4v) is 3.33. The summed E-state index contributed by atoms with van der Waals surface area (Å²) in [7, 11) is 1.91. The summed E-state index contributed by atoms with van der Waals surface area (Å²) >= 11 is 0. The molecule has 0 aromatic carbocycles. The topological polar surface area (TPSA) is 123 Å². The first-order chi connectivity index (χ1) is 11.8. The van der Waals surface area contributed by atoms with Gasteiger partial charge in [0.25, 0.3) is 0 Å². The van der Waals surface area contributed by atoms with E-state index in [1.165, 1.54) is 17.8 Å². The Morgan fingerprint density at radius 2 is 2.20 bits per heavy atom. The molecule has 3 heterocycles. The van der Waals surface area contributed by atoms with Crippen molar-refractivity contribution in [1.82, 2.24) is 19.5 Å². The predicted molar refractivity (Wildman–Crippen MR) is 87.7 cm³/mol. The summed E-state index contributed by atoms with van der Waals surface area (Å²) in [5, 5.41) is 19.4. The lowest BCUT2D eigenvalue weighted by Gasteiger charge is -2.25. The van der Waals surface area contributed by atoms with Gasteiger partial charge in [0, 0.05) is 13.1 Å². The second-order valence-electron chi connectivity index (χ2n) is 6.88. The van der Waals surface area contributed by atoms with E-state index in [-0.39, 0.29) is 5.95 Å². The Bertz CT molecular complexity index is 808. The molecule has 1 aliphatic carbocycles. The zero-order chi connectivity index (χ0) is 17.9. The van der Waals surface area contributed by atoms with Gasteiger partial charge in [0.05, 0.1) is 12.9 Å². The van der Waals surface area contributed by atoms with E-state index in [4.69, 9.17) is 10.5 Å². The molecule has 1 aliphatic heterocycles. The minimum absolute atomic E-state index is 0.0505. The number of anilines is 2. The number of nitrogen functional groups attached to an aromatic ring is 1. The van der Waals surface area contributed by atoms with E-state index in [1.807, 2.05) is 11.9 Å². The van der Waals surface area contributed by atoms with Gasteiger partial charge in [0.1, 0.15) is 12.2 Å². The van der Waals surface area contributed by atoms with Crippen molar-refractivity contribution < 1.29 is 19.3 Å². The third kappa shape index (κ3) is 2.43. The van der Waals surface area contributed by atoms with Crippen LogP contribution in [-0.2, 0) is 4.74 Å². The number of hydrogen-bond acceptors (Lipinski definition) is 8. The molecule has 4 atom stereocenters. The molecule has 136 valence electrons. The quantitative estimate of drug-likeness (QED) is 0.702. The molecule has 9 nitrogen and oxygen atoms in total. The van der Waals surface area contributed by atoms with Crippen molar-refractivity contribution in [3.63, 3.8) is 0 Å². The standard InChI is InChI=1S/C15H21FN6O3/c1-15(16)10(24)8(5-23)25-13(15)22-6-18-9-11(21(2)7-3-4-7)19-14(17)20-12(9)22/h6-8,10,13,23-24H,3-5H2,1-2H3,(H2,17,19,20)/t8?,10-,13-,15-/m1/s1. The van der Waals surface area contributed by atoms with E-state index in [2.05, 4.69) is 15.0 Å². The van der Waals surface area contributed by atoms with Crippen molar-refractivity contribution >= 4 is 22.9 Å². The molecule has 1 unspecified atom stereocenters. The molecular weight excluding hydrogens is 331 g/mol. The van der Waals surface area contributed by atoms with Crippen LogP contribution in [-0.4, -0.2) is 67.3 Å². The first-order valence-electron chi connectivity index (χ1n) is 8.20. The van der Waals surface area contributed by atoms with Crippen LogP contribution in [0.15, 0.2) is 6.33 Å². The summed E-state index contributed by atoms with van der Waals surface area (Å²) in [6.45, 7) is 0.738. The van der Waals surface area contributed by atoms with Gasteiger partial charge in [0.2, 0.25) is 5.95 Å². The Hall–Kier alpha value is -2.04. The predicted octanol–water partition coefficient (Wildman–Crippen LogP) is -0.0141. The fraction of sp³-hybridized carbons (Fsp3) is 0.667. The maximum Gasteiger partial charge on any atom is 0.224 e. The first kappa shape index (κ1) is 16.4. The smallest absolute Gasteiger partial charge is 0.224 e. The summed E-state index contributed by atoms with van der Waals surface area (Å²) in [4.78, 5) is 14.8. The summed E-state index contributed by atoms with van der Waals surface area (Å²) in [5.41, 5.74) is 4.54. The number of aromatic nitrogens is 4. The lowest BCUT2D eigenvalue weighted by Crippen LogP contribution is -2.40. The molecule has 10 heteroatoms. The molecule has 0 bridgehead atoms. The average molecular weight is 352 g/mol. The molecule has 2 aliphatic rings. The molecule has 2 fully saturated rings. The van der Waals surface area contributed by atoms with E-state index in [0.29, 0.717) is 23.0 Å². The Morgan fingerprint density at radius 3 is 2.80 bits per heavy atom. The second-order valence-corrected chi connectivity index (χ2v) is 6.88. The molecule has 4 N–H and O–H groups in total. The summed E-state index contributed by atoms with van der Waals surface area (Å²) in [6, 6.07) is 0.386. The van der Waals surface area contributed by atoms with Crippen LogP contribution >= 0.6 is 0 Å². The molecule has 1 saturated heterocycles. The van der Waals surface area contributed by atoms with Gasteiger partial charge in [0.15, 0.2) is 28.9 Å². The van der Waals surface area contributed by atoms with Crippen LogP contribution in [0.5, 0.6) is 0 Å². The van der Waals surface area contributed by atoms with Gasteiger partial charge in [-0.3, -0.25) is 4.57 Å². The largest absolute Gasteiger partial charge is 0.394 e. The molecule has 25 heavy (non-hydrogen) atoms. The normalized spacial score (nSPS) is 32.4. The number of rotatable bonds is 4. The third-order valence-corrected chi connectivity index (χ3v) is 5.00. The number of nitrogens with zero attached hydrogens (tertiary/aromatic N) is 5. The molecule has 2 aromatic heterocycles. The number of imidazole rings is 1. The summed E-state index contributed by atoms with van der Waals surface area (Å²) < 4.78 is 22.0. The third-order valence-electron chi connectivity index (χ3n) is 5.00. The van der Waals surface area contributed by atoms with Gasteiger partial charge < -0.3 is 25.6 Å². The van der Waals surface area contributed by atoms with Crippen LogP contribution in [0.2, 0.25) is 0 Å². The minimum atomic E-state index is -2.12. The van der Waals surface area contributed by atoms with Crippen LogP contribution in [0.1, 0.15) is 26.0 Å². The first-order valence-corrected chi connectivity index (χ1v) is 8.20. The highest BCUT2D eigenvalue weighted by atomic mass is 19.1. The van der Waals surface area contributed by atoms with Crippen molar-refractivity contribution in [2.45, 2.75) is 49.9 Å². The molecule has 1 saturated carbocycles. The van der Waals surface area contributed by atoms with Crippen molar-refractivity contribution in [3.05, 3.63) is 6.33 Å². The maximum atomic E-state index is 15.1. The maximum absolute atomic E-state index is 15.1. The van der Waals surface area contributed by atoms with Gasteiger partial charge in [-0.05, 0) is 19.8 Å². The fourth-order valence-electron chi connectivity index (χ4n) is 3.33. The van der Waals surface area contributed by atoms with Crippen LogP contribution < -0.4 is 10.6 Å². The van der Waals surface area contributed by atoms with Crippen molar-refractivity contribution in [1.29, 1.82) is 0 Å². The molecular formula is C15H21FN6O3. The number of halogens is 1. The summed E-state index contributed by atoms with van der Waals surface area (Å²) in [6.07, 6.45) is -0.128. The van der Waals surface area contributed by atoms with Gasteiger partial charge in [-0.1, -0.05) is 0 Å². The average Bonchev–Trinajstić information content (AvgIpc) is 3.30.